The monoisotopic (exact) mass is 428 g/mol. The standard InChI is InChI=1S/C26H28N4O2/c1-3-23-18-29(2)24-15-8-7-12-20(24)17-30(23)26(32)28-22-14-9-13-21(16-22)27-25(31)19-10-5-4-6-11-19/h4-16,23H,3,17-18H2,1-2H3,(H,27,31)(H,28,32). The molecule has 1 unspecified atom stereocenters. The van der Waals surface area contributed by atoms with E-state index in [1.807, 2.05) is 53.4 Å². The quantitative estimate of drug-likeness (QED) is 0.600. The van der Waals surface area contributed by atoms with Gasteiger partial charge in [0.05, 0.1) is 6.04 Å². The predicted molar refractivity (Wildman–Crippen MR) is 129 cm³/mol. The van der Waals surface area contributed by atoms with Crippen molar-refractivity contribution in [1.29, 1.82) is 0 Å². The minimum absolute atomic E-state index is 0.0911. The SMILES string of the molecule is CCC1CN(C)c2ccccc2CN1C(=O)Nc1cccc(NC(=O)c2ccccc2)c1. The molecule has 0 bridgehead atoms. The second kappa shape index (κ2) is 9.56. The number of likely N-dealkylation sites (N-methyl/N-ethyl adjacent to an activating group) is 1. The molecule has 3 aromatic rings. The fraction of sp³-hybridized carbons (Fsp3) is 0.231. The number of carbonyl (C=O) groups excluding carboxylic acids is 2. The molecular formula is C26H28N4O2. The number of urea groups is 1. The fourth-order valence-corrected chi connectivity index (χ4v) is 4.09. The van der Waals surface area contributed by atoms with Crippen LogP contribution >= 0.6 is 0 Å². The molecule has 1 aliphatic heterocycles. The van der Waals surface area contributed by atoms with Crippen LogP contribution in [0.4, 0.5) is 21.9 Å². The van der Waals surface area contributed by atoms with Crippen molar-refractivity contribution in [2.45, 2.75) is 25.9 Å². The van der Waals surface area contributed by atoms with E-state index >= 15 is 0 Å². The van der Waals surface area contributed by atoms with Gasteiger partial charge in [-0.15, -0.1) is 0 Å². The number of benzene rings is 3. The maximum atomic E-state index is 13.3. The first-order chi connectivity index (χ1) is 15.5. The average molecular weight is 429 g/mol. The number of carbonyl (C=O) groups is 2. The van der Waals surface area contributed by atoms with Crippen molar-refractivity contribution < 1.29 is 9.59 Å². The Hall–Kier alpha value is -3.80. The van der Waals surface area contributed by atoms with Gasteiger partial charge >= 0.3 is 6.03 Å². The highest BCUT2D eigenvalue weighted by atomic mass is 16.2. The lowest BCUT2D eigenvalue weighted by molar-refractivity contribution is 0.102. The summed E-state index contributed by atoms with van der Waals surface area (Å²) in [5, 5.41) is 5.91. The zero-order chi connectivity index (χ0) is 22.5. The van der Waals surface area contributed by atoms with Crippen molar-refractivity contribution in [3.63, 3.8) is 0 Å². The summed E-state index contributed by atoms with van der Waals surface area (Å²) in [6.07, 6.45) is 0.860. The van der Waals surface area contributed by atoms with Crippen LogP contribution in [0.3, 0.4) is 0 Å². The molecular weight excluding hydrogens is 400 g/mol. The summed E-state index contributed by atoms with van der Waals surface area (Å²) >= 11 is 0. The summed E-state index contributed by atoms with van der Waals surface area (Å²) < 4.78 is 0. The van der Waals surface area contributed by atoms with Gasteiger partial charge in [0.15, 0.2) is 0 Å². The van der Waals surface area contributed by atoms with Gasteiger partial charge in [-0.05, 0) is 48.4 Å². The van der Waals surface area contributed by atoms with Gasteiger partial charge in [-0.25, -0.2) is 4.79 Å². The zero-order valence-corrected chi connectivity index (χ0v) is 18.4. The van der Waals surface area contributed by atoms with E-state index < -0.39 is 0 Å². The van der Waals surface area contributed by atoms with Gasteiger partial charge in [0, 0.05) is 42.8 Å². The molecule has 1 aliphatic rings. The third kappa shape index (κ3) is 4.75. The minimum atomic E-state index is -0.188. The highest BCUT2D eigenvalue weighted by Crippen LogP contribution is 2.28. The van der Waals surface area contributed by atoms with Gasteiger partial charge in [0.1, 0.15) is 0 Å². The third-order valence-corrected chi connectivity index (χ3v) is 5.81. The molecule has 0 saturated heterocycles. The Labute approximate surface area is 188 Å². The van der Waals surface area contributed by atoms with Gasteiger partial charge in [-0.3, -0.25) is 4.79 Å². The molecule has 6 heteroatoms. The van der Waals surface area contributed by atoms with Gasteiger partial charge in [-0.2, -0.15) is 0 Å². The van der Waals surface area contributed by atoms with Crippen molar-refractivity contribution >= 4 is 29.0 Å². The molecule has 0 fully saturated rings. The van der Waals surface area contributed by atoms with Crippen molar-refractivity contribution in [2.24, 2.45) is 0 Å². The number of para-hydroxylation sites is 1. The van der Waals surface area contributed by atoms with Crippen LogP contribution in [0.5, 0.6) is 0 Å². The Bertz CT molecular complexity index is 1100. The molecule has 32 heavy (non-hydrogen) atoms. The normalized spacial score (nSPS) is 15.5. The van der Waals surface area contributed by atoms with Crippen LogP contribution in [-0.4, -0.2) is 36.5 Å². The number of fused-ring (bicyclic) bond motifs is 1. The van der Waals surface area contributed by atoms with E-state index in [2.05, 4.69) is 41.6 Å². The lowest BCUT2D eigenvalue weighted by Crippen LogP contribution is -2.45. The molecule has 2 N–H and O–H groups in total. The van der Waals surface area contributed by atoms with E-state index in [4.69, 9.17) is 0 Å². The van der Waals surface area contributed by atoms with Crippen molar-refractivity contribution in [3.8, 4) is 0 Å². The van der Waals surface area contributed by atoms with Gasteiger partial charge < -0.3 is 20.4 Å². The molecule has 0 spiro atoms. The Kier molecular flexibility index (Phi) is 6.40. The number of nitrogens with one attached hydrogen (secondary N) is 2. The van der Waals surface area contributed by atoms with Crippen LogP contribution in [0.1, 0.15) is 29.3 Å². The largest absolute Gasteiger partial charge is 0.372 e. The van der Waals surface area contributed by atoms with E-state index in [0.717, 1.165) is 24.2 Å². The molecule has 0 radical (unpaired) electrons. The molecule has 1 heterocycles. The van der Waals surface area contributed by atoms with Crippen LogP contribution in [0, 0.1) is 0 Å². The number of nitrogens with zero attached hydrogens (tertiary/aromatic N) is 2. The summed E-state index contributed by atoms with van der Waals surface area (Å²) in [6, 6.07) is 24.4. The van der Waals surface area contributed by atoms with E-state index in [1.54, 1.807) is 18.2 Å². The second-order valence-electron chi connectivity index (χ2n) is 8.03. The maximum Gasteiger partial charge on any atom is 0.322 e. The number of hydrogen-bond acceptors (Lipinski definition) is 3. The van der Waals surface area contributed by atoms with Crippen molar-refractivity contribution in [2.75, 3.05) is 29.1 Å². The zero-order valence-electron chi connectivity index (χ0n) is 18.4. The Morgan fingerprint density at radius 2 is 1.59 bits per heavy atom. The summed E-state index contributed by atoms with van der Waals surface area (Å²) in [5.41, 5.74) is 4.14. The Balaban J connectivity index is 1.49. The minimum Gasteiger partial charge on any atom is -0.372 e. The second-order valence-corrected chi connectivity index (χ2v) is 8.03. The summed E-state index contributed by atoms with van der Waals surface area (Å²) in [4.78, 5) is 29.8. The molecule has 4 rings (SSSR count). The van der Waals surface area contributed by atoms with Crippen LogP contribution in [0.25, 0.3) is 0 Å². The fourth-order valence-electron chi connectivity index (χ4n) is 4.09. The highest BCUT2D eigenvalue weighted by Gasteiger charge is 2.28. The molecule has 164 valence electrons. The first-order valence-electron chi connectivity index (χ1n) is 10.9. The summed E-state index contributed by atoms with van der Waals surface area (Å²) in [6.45, 7) is 3.43. The Morgan fingerprint density at radius 1 is 0.906 bits per heavy atom. The van der Waals surface area contributed by atoms with E-state index in [9.17, 15) is 9.59 Å². The number of anilines is 3. The molecule has 0 saturated carbocycles. The first kappa shape index (κ1) is 21.4. The van der Waals surface area contributed by atoms with Gasteiger partial charge in [-0.1, -0.05) is 49.4 Å². The first-order valence-corrected chi connectivity index (χ1v) is 10.9. The number of amides is 3. The van der Waals surface area contributed by atoms with Crippen LogP contribution in [0.2, 0.25) is 0 Å². The molecule has 3 aromatic carbocycles. The number of rotatable bonds is 4. The van der Waals surface area contributed by atoms with Crippen LogP contribution < -0.4 is 15.5 Å². The lowest BCUT2D eigenvalue weighted by Gasteiger charge is -2.30. The molecule has 0 aliphatic carbocycles. The van der Waals surface area contributed by atoms with Crippen LogP contribution in [0.15, 0.2) is 78.9 Å². The van der Waals surface area contributed by atoms with E-state index in [-0.39, 0.29) is 18.0 Å². The van der Waals surface area contributed by atoms with Gasteiger partial charge in [0.2, 0.25) is 0 Å². The van der Waals surface area contributed by atoms with E-state index in [1.165, 1.54) is 0 Å². The topological polar surface area (TPSA) is 64.7 Å². The molecule has 1 atom stereocenters. The summed E-state index contributed by atoms with van der Waals surface area (Å²) in [5.74, 6) is -0.188. The number of hydrogen-bond donors (Lipinski definition) is 2. The van der Waals surface area contributed by atoms with Crippen LogP contribution in [-0.2, 0) is 6.54 Å². The molecule has 0 aromatic heterocycles. The molecule has 3 amide bonds. The van der Waals surface area contributed by atoms with Crippen molar-refractivity contribution in [1.82, 2.24) is 4.90 Å². The average Bonchev–Trinajstić information content (AvgIpc) is 2.96. The van der Waals surface area contributed by atoms with Crippen molar-refractivity contribution in [3.05, 3.63) is 90.0 Å². The highest BCUT2D eigenvalue weighted by molar-refractivity contribution is 6.04. The van der Waals surface area contributed by atoms with Gasteiger partial charge in [0.25, 0.3) is 5.91 Å². The van der Waals surface area contributed by atoms with E-state index in [0.29, 0.717) is 23.5 Å². The molecule has 6 nitrogen and oxygen atoms in total. The predicted octanol–water partition coefficient (Wildman–Crippen LogP) is 5.20. The third-order valence-electron chi connectivity index (χ3n) is 5.81. The summed E-state index contributed by atoms with van der Waals surface area (Å²) in [7, 11) is 2.07. The maximum absolute atomic E-state index is 13.3. The smallest absolute Gasteiger partial charge is 0.322 e. The Morgan fingerprint density at radius 3 is 2.34 bits per heavy atom. The lowest BCUT2D eigenvalue weighted by atomic mass is 10.1.